The molecule has 0 bridgehead atoms. The fraction of sp³-hybridized carbons (Fsp3) is 0.786. The molecule has 5 heteroatoms. The number of aliphatic hydroxyl groups excluding tert-OH is 1. The van der Waals surface area contributed by atoms with Crippen LogP contribution >= 0.6 is 11.3 Å². The standard InChI is InChI=1S/C14H26N2O2S/c1-10(2)5-11(3)18-9-13(17)6-15-7-14-8-16-12(4)19-14/h8,10-11,13,15,17H,5-7,9H2,1-4H3. The summed E-state index contributed by atoms with van der Waals surface area (Å²) in [6.07, 6.45) is 2.66. The second kappa shape index (κ2) is 8.64. The number of thiazole rings is 1. The monoisotopic (exact) mass is 286 g/mol. The van der Waals surface area contributed by atoms with Gasteiger partial charge in [0, 0.05) is 24.2 Å². The van der Waals surface area contributed by atoms with Crippen molar-refractivity contribution in [2.24, 2.45) is 5.92 Å². The molecule has 0 aliphatic rings. The number of rotatable bonds is 9. The molecule has 1 aromatic heterocycles. The van der Waals surface area contributed by atoms with Crippen LogP contribution in [-0.4, -0.2) is 35.5 Å². The Bertz CT molecular complexity index is 355. The van der Waals surface area contributed by atoms with Gasteiger partial charge in [-0.05, 0) is 26.2 Å². The molecule has 0 aromatic carbocycles. The summed E-state index contributed by atoms with van der Waals surface area (Å²) in [4.78, 5) is 5.39. The van der Waals surface area contributed by atoms with Crippen LogP contribution in [0.3, 0.4) is 0 Å². The number of aryl methyl sites for hydroxylation is 1. The van der Waals surface area contributed by atoms with Gasteiger partial charge in [0.25, 0.3) is 0 Å². The Labute approximate surface area is 120 Å². The van der Waals surface area contributed by atoms with Crippen molar-refractivity contribution in [1.29, 1.82) is 0 Å². The van der Waals surface area contributed by atoms with Crippen LogP contribution in [0.1, 0.15) is 37.1 Å². The molecule has 19 heavy (non-hydrogen) atoms. The third kappa shape index (κ3) is 7.62. The fourth-order valence-corrected chi connectivity index (χ4v) is 2.68. The lowest BCUT2D eigenvalue weighted by Crippen LogP contribution is -2.31. The predicted octanol–water partition coefficient (Wildman–Crippen LogP) is 2.35. The van der Waals surface area contributed by atoms with E-state index in [4.69, 9.17) is 4.74 Å². The zero-order valence-corrected chi connectivity index (χ0v) is 13.2. The van der Waals surface area contributed by atoms with Crippen LogP contribution < -0.4 is 5.32 Å². The van der Waals surface area contributed by atoms with Gasteiger partial charge in [-0.2, -0.15) is 0 Å². The van der Waals surface area contributed by atoms with Gasteiger partial charge in [-0.3, -0.25) is 0 Å². The van der Waals surface area contributed by atoms with E-state index in [-0.39, 0.29) is 6.10 Å². The number of aliphatic hydroxyl groups is 1. The van der Waals surface area contributed by atoms with Gasteiger partial charge in [0.2, 0.25) is 0 Å². The summed E-state index contributed by atoms with van der Waals surface area (Å²) in [5.74, 6) is 0.625. The quantitative estimate of drug-likeness (QED) is 0.732. The fourth-order valence-electron chi connectivity index (χ4n) is 1.92. The average molecular weight is 286 g/mol. The SMILES string of the molecule is Cc1ncc(CNCC(O)COC(C)CC(C)C)s1. The maximum atomic E-state index is 9.82. The normalized spacial score (nSPS) is 14.8. The molecule has 2 N–H and O–H groups in total. The van der Waals surface area contributed by atoms with Gasteiger partial charge in [-0.25, -0.2) is 4.98 Å². The zero-order valence-electron chi connectivity index (χ0n) is 12.3. The summed E-state index contributed by atoms with van der Waals surface area (Å²) in [5.41, 5.74) is 0. The summed E-state index contributed by atoms with van der Waals surface area (Å²) >= 11 is 1.68. The molecular weight excluding hydrogens is 260 g/mol. The number of aromatic nitrogens is 1. The molecule has 4 nitrogen and oxygen atoms in total. The zero-order chi connectivity index (χ0) is 14.3. The topological polar surface area (TPSA) is 54.4 Å². The van der Waals surface area contributed by atoms with Gasteiger partial charge in [-0.15, -0.1) is 11.3 Å². The maximum Gasteiger partial charge on any atom is 0.0897 e. The summed E-state index contributed by atoms with van der Waals surface area (Å²) in [6.45, 7) is 10.1. The number of hydrogen-bond donors (Lipinski definition) is 2. The minimum Gasteiger partial charge on any atom is -0.389 e. The molecule has 0 aliphatic heterocycles. The molecule has 1 heterocycles. The Hall–Kier alpha value is -0.490. The third-order valence-electron chi connectivity index (χ3n) is 2.72. The van der Waals surface area contributed by atoms with Crippen LogP contribution in [0.2, 0.25) is 0 Å². The molecule has 1 rings (SSSR count). The van der Waals surface area contributed by atoms with Crippen LogP contribution in [-0.2, 0) is 11.3 Å². The lowest BCUT2D eigenvalue weighted by Gasteiger charge is -2.18. The van der Waals surface area contributed by atoms with Gasteiger partial charge >= 0.3 is 0 Å². The van der Waals surface area contributed by atoms with Crippen molar-refractivity contribution < 1.29 is 9.84 Å². The molecule has 0 aliphatic carbocycles. The van der Waals surface area contributed by atoms with Crippen LogP contribution in [0.15, 0.2) is 6.20 Å². The van der Waals surface area contributed by atoms with Gasteiger partial charge in [-0.1, -0.05) is 13.8 Å². The Morgan fingerprint density at radius 3 is 2.74 bits per heavy atom. The average Bonchev–Trinajstić information content (AvgIpc) is 2.71. The van der Waals surface area contributed by atoms with Gasteiger partial charge in [0.1, 0.15) is 0 Å². The van der Waals surface area contributed by atoms with E-state index >= 15 is 0 Å². The van der Waals surface area contributed by atoms with Crippen molar-refractivity contribution in [2.75, 3.05) is 13.2 Å². The van der Waals surface area contributed by atoms with Crippen molar-refractivity contribution >= 4 is 11.3 Å². The summed E-state index contributed by atoms with van der Waals surface area (Å²) in [5, 5.41) is 14.1. The molecule has 0 fully saturated rings. The molecule has 0 saturated carbocycles. The molecule has 0 amide bonds. The summed E-state index contributed by atoms with van der Waals surface area (Å²) < 4.78 is 5.62. The van der Waals surface area contributed by atoms with E-state index in [9.17, 15) is 5.11 Å². The maximum absolute atomic E-state index is 9.82. The highest BCUT2D eigenvalue weighted by Crippen LogP contribution is 2.11. The van der Waals surface area contributed by atoms with Crippen LogP contribution in [0.25, 0.3) is 0 Å². The Kier molecular flexibility index (Phi) is 7.53. The smallest absolute Gasteiger partial charge is 0.0897 e. The number of nitrogens with zero attached hydrogens (tertiary/aromatic N) is 1. The third-order valence-corrected chi connectivity index (χ3v) is 3.64. The van der Waals surface area contributed by atoms with E-state index in [1.807, 2.05) is 13.1 Å². The van der Waals surface area contributed by atoms with Crippen molar-refractivity contribution in [3.05, 3.63) is 16.1 Å². The van der Waals surface area contributed by atoms with E-state index < -0.39 is 6.10 Å². The Balaban J connectivity index is 2.09. The Morgan fingerprint density at radius 2 is 2.16 bits per heavy atom. The number of ether oxygens (including phenoxy) is 1. The van der Waals surface area contributed by atoms with E-state index in [0.29, 0.717) is 19.1 Å². The van der Waals surface area contributed by atoms with E-state index in [2.05, 4.69) is 31.1 Å². The molecule has 0 saturated heterocycles. The van der Waals surface area contributed by atoms with E-state index in [1.165, 1.54) is 4.88 Å². The van der Waals surface area contributed by atoms with E-state index in [0.717, 1.165) is 18.0 Å². The summed E-state index contributed by atoms with van der Waals surface area (Å²) in [7, 11) is 0. The molecule has 2 unspecified atom stereocenters. The number of hydrogen-bond acceptors (Lipinski definition) is 5. The second-order valence-corrected chi connectivity index (χ2v) is 6.72. The highest BCUT2D eigenvalue weighted by Gasteiger charge is 2.09. The molecular formula is C14H26N2O2S. The van der Waals surface area contributed by atoms with Crippen molar-refractivity contribution in [2.45, 2.75) is 52.9 Å². The number of nitrogens with one attached hydrogen (secondary N) is 1. The van der Waals surface area contributed by atoms with Gasteiger partial charge in [0.05, 0.1) is 23.8 Å². The predicted molar refractivity (Wildman–Crippen MR) is 79.4 cm³/mol. The van der Waals surface area contributed by atoms with Crippen molar-refractivity contribution in [3.8, 4) is 0 Å². The highest BCUT2D eigenvalue weighted by atomic mass is 32.1. The first-order valence-electron chi connectivity index (χ1n) is 6.89. The van der Waals surface area contributed by atoms with Gasteiger partial charge in [0.15, 0.2) is 0 Å². The van der Waals surface area contributed by atoms with E-state index in [1.54, 1.807) is 11.3 Å². The highest BCUT2D eigenvalue weighted by molar-refractivity contribution is 7.11. The van der Waals surface area contributed by atoms with Crippen LogP contribution in [0.4, 0.5) is 0 Å². The first kappa shape index (κ1) is 16.6. The van der Waals surface area contributed by atoms with Crippen LogP contribution in [0, 0.1) is 12.8 Å². The molecule has 1 aromatic rings. The molecule has 0 spiro atoms. The molecule has 110 valence electrons. The lowest BCUT2D eigenvalue weighted by molar-refractivity contribution is -0.00855. The lowest BCUT2D eigenvalue weighted by atomic mass is 10.1. The second-order valence-electron chi connectivity index (χ2n) is 5.40. The van der Waals surface area contributed by atoms with Crippen molar-refractivity contribution in [3.63, 3.8) is 0 Å². The first-order valence-corrected chi connectivity index (χ1v) is 7.70. The first-order chi connectivity index (χ1) is 8.97. The minimum atomic E-state index is -0.455. The molecule has 0 radical (unpaired) electrons. The largest absolute Gasteiger partial charge is 0.389 e. The van der Waals surface area contributed by atoms with Crippen molar-refractivity contribution in [1.82, 2.24) is 10.3 Å². The minimum absolute atomic E-state index is 0.207. The Morgan fingerprint density at radius 1 is 1.42 bits per heavy atom. The summed E-state index contributed by atoms with van der Waals surface area (Å²) in [6, 6.07) is 0. The van der Waals surface area contributed by atoms with Crippen LogP contribution in [0.5, 0.6) is 0 Å². The molecule has 2 atom stereocenters. The van der Waals surface area contributed by atoms with Gasteiger partial charge < -0.3 is 15.2 Å².